The van der Waals surface area contributed by atoms with Crippen molar-refractivity contribution in [3.63, 3.8) is 0 Å². The average molecular weight is 251 g/mol. The monoisotopic (exact) mass is 251 g/mol. The zero-order valence-corrected chi connectivity index (χ0v) is 9.75. The van der Waals surface area contributed by atoms with Crippen molar-refractivity contribution < 1.29 is 13.2 Å². The van der Waals surface area contributed by atoms with E-state index in [1.165, 1.54) is 12.1 Å². The number of aryl methyl sites for hydroxylation is 1. The number of nitrogen functional groups attached to an aromatic ring is 1. The molecule has 0 atom stereocenters. The van der Waals surface area contributed by atoms with Crippen LogP contribution in [0.1, 0.15) is 11.1 Å². The summed E-state index contributed by atoms with van der Waals surface area (Å²) >= 11 is 0. The van der Waals surface area contributed by atoms with Crippen LogP contribution in [0, 0.1) is 6.92 Å². The van der Waals surface area contributed by atoms with Crippen molar-refractivity contribution in [1.29, 1.82) is 0 Å². The number of anilines is 1. The summed E-state index contributed by atoms with van der Waals surface area (Å²) < 4.78 is 37.3. The van der Waals surface area contributed by atoms with Crippen LogP contribution in [-0.4, -0.2) is 0 Å². The second-order valence-electron chi connectivity index (χ2n) is 4.11. The van der Waals surface area contributed by atoms with Crippen molar-refractivity contribution in [2.75, 3.05) is 5.73 Å². The van der Waals surface area contributed by atoms with Gasteiger partial charge in [-0.25, -0.2) is 0 Å². The molecule has 1 nitrogen and oxygen atoms in total. The predicted molar refractivity (Wildman–Crippen MR) is 66.0 cm³/mol. The number of para-hydroxylation sites is 1. The highest BCUT2D eigenvalue weighted by atomic mass is 19.4. The van der Waals surface area contributed by atoms with Gasteiger partial charge in [0.2, 0.25) is 0 Å². The maximum absolute atomic E-state index is 12.4. The molecule has 18 heavy (non-hydrogen) atoms. The van der Waals surface area contributed by atoms with Crippen molar-refractivity contribution in [2.45, 2.75) is 13.1 Å². The van der Waals surface area contributed by atoms with Crippen LogP contribution in [0.2, 0.25) is 0 Å². The number of alkyl halides is 3. The molecule has 0 aliphatic rings. The molecular formula is C14H12F3N. The Morgan fingerprint density at radius 3 is 2.11 bits per heavy atom. The van der Waals surface area contributed by atoms with Gasteiger partial charge < -0.3 is 5.73 Å². The van der Waals surface area contributed by atoms with Crippen molar-refractivity contribution in [3.05, 3.63) is 53.6 Å². The third-order valence-electron chi connectivity index (χ3n) is 2.85. The minimum absolute atomic E-state index is 0.595. The lowest BCUT2D eigenvalue weighted by Crippen LogP contribution is -2.04. The Morgan fingerprint density at radius 2 is 1.56 bits per heavy atom. The molecule has 4 heteroatoms. The van der Waals surface area contributed by atoms with Gasteiger partial charge in [0, 0.05) is 11.3 Å². The van der Waals surface area contributed by atoms with E-state index in [2.05, 4.69) is 0 Å². The summed E-state index contributed by atoms with van der Waals surface area (Å²) in [6.45, 7) is 1.86. The molecule has 2 N–H and O–H groups in total. The molecule has 2 rings (SSSR count). The first-order chi connectivity index (χ1) is 8.39. The van der Waals surface area contributed by atoms with Gasteiger partial charge in [-0.1, -0.05) is 30.3 Å². The Balaban J connectivity index is 2.44. The van der Waals surface area contributed by atoms with Crippen LogP contribution in [-0.2, 0) is 6.18 Å². The summed E-state index contributed by atoms with van der Waals surface area (Å²) in [6.07, 6.45) is -4.31. The minimum Gasteiger partial charge on any atom is -0.398 e. The van der Waals surface area contributed by atoms with Crippen LogP contribution in [0.15, 0.2) is 42.5 Å². The Bertz CT molecular complexity index is 556. The standard InChI is InChI=1S/C14H12F3N/c1-9-3-2-4-12(13(9)18)10-5-7-11(8-6-10)14(15,16)17/h2-8H,18H2,1H3. The van der Waals surface area contributed by atoms with E-state index in [0.29, 0.717) is 11.3 Å². The minimum atomic E-state index is -4.31. The number of hydrogen-bond acceptors (Lipinski definition) is 1. The number of rotatable bonds is 1. The van der Waals surface area contributed by atoms with Crippen LogP contribution in [0.5, 0.6) is 0 Å². The fourth-order valence-electron chi connectivity index (χ4n) is 1.77. The van der Waals surface area contributed by atoms with E-state index in [-0.39, 0.29) is 0 Å². The summed E-state index contributed by atoms with van der Waals surface area (Å²) in [5, 5.41) is 0. The summed E-state index contributed by atoms with van der Waals surface area (Å²) in [7, 11) is 0. The number of hydrogen-bond donors (Lipinski definition) is 1. The van der Waals surface area contributed by atoms with E-state index in [0.717, 1.165) is 23.3 Å². The van der Waals surface area contributed by atoms with Crippen molar-refractivity contribution >= 4 is 5.69 Å². The zero-order valence-electron chi connectivity index (χ0n) is 9.75. The molecule has 0 spiro atoms. The van der Waals surface area contributed by atoms with E-state index in [4.69, 9.17) is 5.73 Å². The smallest absolute Gasteiger partial charge is 0.398 e. The van der Waals surface area contributed by atoms with Crippen LogP contribution in [0.3, 0.4) is 0 Å². The molecule has 0 aromatic heterocycles. The van der Waals surface area contributed by atoms with Crippen LogP contribution in [0.4, 0.5) is 18.9 Å². The molecule has 0 saturated heterocycles. The Kier molecular flexibility index (Phi) is 3.03. The number of halogens is 3. The topological polar surface area (TPSA) is 26.0 Å². The average Bonchev–Trinajstić information content (AvgIpc) is 2.32. The van der Waals surface area contributed by atoms with E-state index < -0.39 is 11.7 Å². The summed E-state index contributed by atoms with van der Waals surface area (Å²) in [5.41, 5.74) is 8.20. The lowest BCUT2D eigenvalue weighted by molar-refractivity contribution is -0.137. The summed E-state index contributed by atoms with van der Waals surface area (Å²) in [6, 6.07) is 10.5. The maximum atomic E-state index is 12.4. The van der Waals surface area contributed by atoms with Crippen molar-refractivity contribution in [1.82, 2.24) is 0 Å². The molecule has 0 heterocycles. The molecule has 0 fully saturated rings. The van der Waals surface area contributed by atoms with Gasteiger partial charge in [-0.05, 0) is 30.2 Å². The highest BCUT2D eigenvalue weighted by Crippen LogP contribution is 2.33. The van der Waals surface area contributed by atoms with Crippen molar-refractivity contribution in [3.8, 4) is 11.1 Å². The molecule has 0 radical (unpaired) electrons. The predicted octanol–water partition coefficient (Wildman–Crippen LogP) is 4.26. The van der Waals surface area contributed by atoms with Gasteiger partial charge in [0.05, 0.1) is 5.56 Å². The Labute approximate surface area is 103 Å². The van der Waals surface area contributed by atoms with Crippen LogP contribution >= 0.6 is 0 Å². The summed E-state index contributed by atoms with van der Waals surface area (Å²) in [5.74, 6) is 0. The second kappa shape index (κ2) is 4.37. The second-order valence-corrected chi connectivity index (χ2v) is 4.11. The van der Waals surface area contributed by atoms with Gasteiger partial charge in [-0.15, -0.1) is 0 Å². The van der Waals surface area contributed by atoms with Gasteiger partial charge in [0.25, 0.3) is 0 Å². The lowest BCUT2D eigenvalue weighted by atomic mass is 10.00. The van der Waals surface area contributed by atoms with E-state index >= 15 is 0 Å². The van der Waals surface area contributed by atoms with Gasteiger partial charge in [-0.3, -0.25) is 0 Å². The number of nitrogens with two attached hydrogens (primary N) is 1. The molecule has 2 aromatic carbocycles. The van der Waals surface area contributed by atoms with Gasteiger partial charge in [0.1, 0.15) is 0 Å². The number of benzene rings is 2. The molecule has 0 bridgehead atoms. The van der Waals surface area contributed by atoms with Gasteiger partial charge in [-0.2, -0.15) is 13.2 Å². The SMILES string of the molecule is Cc1cccc(-c2ccc(C(F)(F)F)cc2)c1N. The maximum Gasteiger partial charge on any atom is 0.416 e. The third kappa shape index (κ3) is 2.32. The van der Waals surface area contributed by atoms with Crippen LogP contribution < -0.4 is 5.73 Å². The van der Waals surface area contributed by atoms with E-state index in [1.807, 2.05) is 19.1 Å². The normalized spacial score (nSPS) is 11.6. The van der Waals surface area contributed by atoms with E-state index in [1.54, 1.807) is 6.07 Å². The molecule has 94 valence electrons. The molecule has 2 aromatic rings. The molecular weight excluding hydrogens is 239 g/mol. The first-order valence-corrected chi connectivity index (χ1v) is 5.42. The van der Waals surface area contributed by atoms with Crippen LogP contribution in [0.25, 0.3) is 11.1 Å². The quantitative estimate of drug-likeness (QED) is 0.753. The largest absolute Gasteiger partial charge is 0.416 e. The highest BCUT2D eigenvalue weighted by Gasteiger charge is 2.29. The molecule has 0 unspecified atom stereocenters. The Morgan fingerprint density at radius 1 is 0.944 bits per heavy atom. The molecule has 0 aliphatic heterocycles. The van der Waals surface area contributed by atoms with Gasteiger partial charge in [0.15, 0.2) is 0 Å². The molecule has 0 aliphatic carbocycles. The molecule has 0 saturated carbocycles. The third-order valence-corrected chi connectivity index (χ3v) is 2.85. The first kappa shape index (κ1) is 12.5. The highest BCUT2D eigenvalue weighted by molar-refractivity contribution is 5.78. The zero-order chi connectivity index (χ0) is 13.3. The fraction of sp³-hybridized carbons (Fsp3) is 0.143. The van der Waals surface area contributed by atoms with Crippen molar-refractivity contribution in [2.24, 2.45) is 0 Å². The Hall–Kier alpha value is -1.97. The summed E-state index contributed by atoms with van der Waals surface area (Å²) in [4.78, 5) is 0. The fourth-order valence-corrected chi connectivity index (χ4v) is 1.77. The molecule has 0 amide bonds. The van der Waals surface area contributed by atoms with Gasteiger partial charge >= 0.3 is 6.18 Å². The van der Waals surface area contributed by atoms with E-state index in [9.17, 15) is 13.2 Å². The first-order valence-electron chi connectivity index (χ1n) is 5.42. The lowest BCUT2D eigenvalue weighted by Gasteiger charge is -2.10.